The molecule has 0 fully saturated rings. The summed E-state index contributed by atoms with van der Waals surface area (Å²) in [5, 5.41) is 0.776. The molecule has 0 bridgehead atoms. The summed E-state index contributed by atoms with van der Waals surface area (Å²) in [4.78, 5) is 3.16. The van der Waals surface area contributed by atoms with Gasteiger partial charge in [-0.1, -0.05) is 54.2 Å². The molecule has 3 heteroatoms. The fourth-order valence-corrected chi connectivity index (χ4v) is 2.80. The number of anilines is 1. The zero-order valence-electron chi connectivity index (χ0n) is 9.77. The molecule has 0 atom stereocenters. The van der Waals surface area contributed by atoms with E-state index < -0.39 is 0 Å². The third-order valence-electron chi connectivity index (χ3n) is 3.16. The van der Waals surface area contributed by atoms with Crippen molar-refractivity contribution in [2.75, 3.05) is 4.90 Å². The molecule has 2 aromatic carbocycles. The average molecular weight is 274 g/mol. The second kappa shape index (κ2) is 4.71. The van der Waals surface area contributed by atoms with E-state index in [0.29, 0.717) is 0 Å². The molecule has 0 aromatic heterocycles. The van der Waals surface area contributed by atoms with Gasteiger partial charge in [0.15, 0.2) is 0 Å². The predicted molar refractivity (Wildman–Crippen MR) is 80.4 cm³/mol. The van der Waals surface area contributed by atoms with Crippen molar-refractivity contribution in [1.29, 1.82) is 0 Å². The van der Waals surface area contributed by atoms with Gasteiger partial charge in [-0.05, 0) is 29.3 Å². The molecule has 1 heterocycles. The first-order valence-electron chi connectivity index (χ1n) is 5.87. The Morgan fingerprint density at radius 2 is 1.89 bits per heavy atom. The molecule has 0 radical (unpaired) electrons. The molecule has 0 spiro atoms. The van der Waals surface area contributed by atoms with Crippen molar-refractivity contribution in [2.24, 2.45) is 0 Å². The highest BCUT2D eigenvalue weighted by atomic mass is 35.5. The lowest BCUT2D eigenvalue weighted by molar-refractivity contribution is 1.03. The van der Waals surface area contributed by atoms with Gasteiger partial charge < -0.3 is 4.90 Å². The second-order valence-corrected chi connectivity index (χ2v) is 5.32. The minimum Gasteiger partial charge on any atom is -0.331 e. The Morgan fingerprint density at radius 3 is 2.67 bits per heavy atom. The fourth-order valence-electron chi connectivity index (χ4n) is 2.29. The number of halogens is 1. The van der Waals surface area contributed by atoms with E-state index in [-0.39, 0.29) is 0 Å². The van der Waals surface area contributed by atoms with Gasteiger partial charge in [0.1, 0.15) is 0 Å². The molecule has 1 aliphatic rings. The van der Waals surface area contributed by atoms with Crippen LogP contribution in [0.5, 0.6) is 0 Å². The molecule has 0 N–H and O–H groups in total. The highest BCUT2D eigenvalue weighted by Crippen LogP contribution is 2.32. The van der Waals surface area contributed by atoms with E-state index in [4.69, 9.17) is 23.8 Å². The lowest BCUT2D eigenvalue weighted by Crippen LogP contribution is -2.24. The Bertz CT molecular complexity index is 595. The van der Waals surface area contributed by atoms with E-state index in [1.165, 1.54) is 16.8 Å². The average Bonchev–Trinajstić information content (AvgIpc) is 2.66. The summed E-state index contributed by atoms with van der Waals surface area (Å²) < 4.78 is 0. The van der Waals surface area contributed by atoms with E-state index in [0.717, 1.165) is 23.0 Å². The zero-order chi connectivity index (χ0) is 12.5. The maximum Gasteiger partial charge on any atom is 0.0872 e. The van der Waals surface area contributed by atoms with E-state index in [2.05, 4.69) is 35.2 Å². The van der Waals surface area contributed by atoms with Crippen molar-refractivity contribution in [3.05, 3.63) is 64.7 Å². The molecular formula is C15H12ClNS. The van der Waals surface area contributed by atoms with Gasteiger partial charge in [0.2, 0.25) is 0 Å². The number of benzene rings is 2. The smallest absolute Gasteiger partial charge is 0.0872 e. The maximum absolute atomic E-state index is 6.02. The minimum absolute atomic E-state index is 0.776. The number of fused-ring (bicyclic) bond motifs is 1. The third-order valence-corrected chi connectivity index (χ3v) is 3.76. The molecule has 90 valence electrons. The van der Waals surface area contributed by atoms with Gasteiger partial charge >= 0.3 is 0 Å². The van der Waals surface area contributed by atoms with Crippen LogP contribution < -0.4 is 4.90 Å². The van der Waals surface area contributed by atoms with E-state index >= 15 is 0 Å². The van der Waals surface area contributed by atoms with Gasteiger partial charge in [0, 0.05) is 23.7 Å². The largest absolute Gasteiger partial charge is 0.331 e. The number of thiocarbonyl (C=S) groups is 1. The molecule has 2 aromatic rings. The third kappa shape index (κ3) is 2.14. The second-order valence-electron chi connectivity index (χ2n) is 4.42. The van der Waals surface area contributed by atoms with Crippen LogP contribution in [0, 0.1) is 0 Å². The Kier molecular flexibility index (Phi) is 3.06. The van der Waals surface area contributed by atoms with Crippen molar-refractivity contribution < 1.29 is 0 Å². The van der Waals surface area contributed by atoms with Crippen LogP contribution in [0.1, 0.15) is 11.1 Å². The van der Waals surface area contributed by atoms with Crippen LogP contribution in [-0.2, 0) is 13.0 Å². The highest BCUT2D eigenvalue weighted by Gasteiger charge is 2.24. The van der Waals surface area contributed by atoms with Crippen molar-refractivity contribution in [3.63, 3.8) is 0 Å². The summed E-state index contributed by atoms with van der Waals surface area (Å²) in [6.45, 7) is 0.828. The number of hydrogen-bond donors (Lipinski definition) is 0. The summed E-state index contributed by atoms with van der Waals surface area (Å²) in [6, 6.07) is 16.4. The molecule has 0 unspecified atom stereocenters. The van der Waals surface area contributed by atoms with Crippen LogP contribution >= 0.6 is 23.8 Å². The summed E-state index contributed by atoms with van der Waals surface area (Å²) >= 11 is 11.5. The van der Waals surface area contributed by atoms with Crippen LogP contribution in [0.15, 0.2) is 48.5 Å². The van der Waals surface area contributed by atoms with Crippen LogP contribution in [0.4, 0.5) is 5.69 Å². The van der Waals surface area contributed by atoms with Crippen LogP contribution in [0.25, 0.3) is 0 Å². The Hall–Kier alpha value is -1.38. The maximum atomic E-state index is 6.02. The quantitative estimate of drug-likeness (QED) is 0.754. The standard InChI is InChI=1S/C15H12ClNS/c16-13-6-7-14-12(8-13)9-15(18)17(14)10-11-4-2-1-3-5-11/h1-8H,9-10H2. The lowest BCUT2D eigenvalue weighted by Gasteiger charge is -2.19. The van der Waals surface area contributed by atoms with Gasteiger partial charge in [0.25, 0.3) is 0 Å². The molecule has 3 rings (SSSR count). The number of rotatable bonds is 2. The molecule has 1 nitrogen and oxygen atoms in total. The van der Waals surface area contributed by atoms with Crippen LogP contribution in [0.2, 0.25) is 5.02 Å². The summed E-state index contributed by atoms with van der Waals surface area (Å²) in [5.74, 6) is 0. The first-order valence-corrected chi connectivity index (χ1v) is 6.65. The van der Waals surface area contributed by atoms with Gasteiger partial charge in [-0.15, -0.1) is 0 Å². The van der Waals surface area contributed by atoms with Crippen molar-refractivity contribution >= 4 is 34.5 Å². The highest BCUT2D eigenvalue weighted by molar-refractivity contribution is 7.80. The van der Waals surface area contributed by atoms with Gasteiger partial charge in [-0.2, -0.15) is 0 Å². The molecular weight excluding hydrogens is 262 g/mol. The van der Waals surface area contributed by atoms with Crippen LogP contribution in [0.3, 0.4) is 0 Å². The predicted octanol–water partition coefficient (Wildman–Crippen LogP) is 4.23. The number of nitrogens with zero attached hydrogens (tertiary/aromatic N) is 1. The van der Waals surface area contributed by atoms with E-state index in [9.17, 15) is 0 Å². The first-order chi connectivity index (χ1) is 8.74. The molecule has 1 aliphatic heterocycles. The first kappa shape index (κ1) is 11.7. The zero-order valence-corrected chi connectivity index (χ0v) is 11.3. The van der Waals surface area contributed by atoms with Crippen molar-refractivity contribution in [3.8, 4) is 0 Å². The normalized spacial score (nSPS) is 13.8. The summed E-state index contributed by atoms with van der Waals surface area (Å²) in [7, 11) is 0. The van der Waals surface area contributed by atoms with Gasteiger partial charge in [-0.25, -0.2) is 0 Å². The summed E-state index contributed by atoms with van der Waals surface area (Å²) in [5.41, 5.74) is 3.68. The molecule has 0 amide bonds. The van der Waals surface area contributed by atoms with E-state index in [1.54, 1.807) is 0 Å². The van der Waals surface area contributed by atoms with Crippen molar-refractivity contribution in [2.45, 2.75) is 13.0 Å². The van der Waals surface area contributed by atoms with Crippen molar-refractivity contribution in [1.82, 2.24) is 0 Å². The summed E-state index contributed by atoms with van der Waals surface area (Å²) in [6.07, 6.45) is 0.818. The SMILES string of the molecule is S=C1Cc2cc(Cl)ccc2N1Cc1ccccc1. The Balaban J connectivity index is 1.93. The molecule has 0 aliphatic carbocycles. The number of hydrogen-bond acceptors (Lipinski definition) is 1. The van der Waals surface area contributed by atoms with Crippen LogP contribution in [-0.4, -0.2) is 4.99 Å². The monoisotopic (exact) mass is 273 g/mol. The molecule has 0 saturated carbocycles. The van der Waals surface area contributed by atoms with Gasteiger partial charge in [0.05, 0.1) is 4.99 Å². The molecule has 18 heavy (non-hydrogen) atoms. The Morgan fingerprint density at radius 1 is 1.11 bits per heavy atom. The Labute approximate surface area is 117 Å². The van der Waals surface area contributed by atoms with E-state index in [1.807, 2.05) is 18.2 Å². The minimum atomic E-state index is 0.776. The van der Waals surface area contributed by atoms with Gasteiger partial charge in [-0.3, -0.25) is 0 Å². The molecule has 0 saturated heterocycles. The fraction of sp³-hybridized carbons (Fsp3) is 0.133. The topological polar surface area (TPSA) is 3.24 Å². The lowest BCUT2D eigenvalue weighted by atomic mass is 10.1.